The number of furan rings is 1. The molecule has 0 radical (unpaired) electrons. The maximum Gasteiger partial charge on any atom is 0.257 e. The molecular weight excluding hydrogens is 256 g/mol. The van der Waals surface area contributed by atoms with Crippen molar-refractivity contribution in [3.05, 3.63) is 23.2 Å². The van der Waals surface area contributed by atoms with Crippen LogP contribution >= 0.6 is 0 Å². The lowest BCUT2D eigenvalue weighted by molar-refractivity contribution is -0.120. The Bertz CT molecular complexity index is 519. The standard InChI is InChI=1S/C15H22N2O3/c1-9(2)13-7-12(11(4)20-13)15(19)17-6-5-14(18)16-8-10(17)3/h7,9-10H,5-6,8H2,1-4H3,(H,16,18)/t10-/m0/s1. The number of carbonyl (C=O) groups is 2. The molecule has 2 rings (SSSR count). The second-order valence-electron chi connectivity index (χ2n) is 5.67. The highest BCUT2D eigenvalue weighted by Gasteiger charge is 2.28. The lowest BCUT2D eigenvalue weighted by Gasteiger charge is -2.26. The average Bonchev–Trinajstić information content (AvgIpc) is 2.70. The largest absolute Gasteiger partial charge is 0.465 e. The zero-order chi connectivity index (χ0) is 14.9. The van der Waals surface area contributed by atoms with Crippen LogP contribution < -0.4 is 5.32 Å². The third-order valence-corrected chi connectivity index (χ3v) is 3.70. The van der Waals surface area contributed by atoms with Gasteiger partial charge in [0, 0.05) is 31.5 Å². The minimum Gasteiger partial charge on any atom is -0.465 e. The predicted molar refractivity (Wildman–Crippen MR) is 75.7 cm³/mol. The maximum atomic E-state index is 12.7. The van der Waals surface area contributed by atoms with E-state index in [1.165, 1.54) is 0 Å². The molecule has 5 nitrogen and oxygen atoms in total. The maximum absolute atomic E-state index is 12.7. The number of hydrogen-bond donors (Lipinski definition) is 1. The molecular formula is C15H22N2O3. The Kier molecular flexibility index (Phi) is 4.16. The van der Waals surface area contributed by atoms with E-state index in [9.17, 15) is 9.59 Å². The Labute approximate surface area is 119 Å². The van der Waals surface area contributed by atoms with Gasteiger partial charge in [-0.05, 0) is 19.9 Å². The summed E-state index contributed by atoms with van der Waals surface area (Å²) in [4.78, 5) is 25.8. The van der Waals surface area contributed by atoms with Gasteiger partial charge in [0.25, 0.3) is 5.91 Å². The SMILES string of the molecule is Cc1oc(C(C)C)cc1C(=O)N1CCC(=O)NC[C@@H]1C. The summed E-state index contributed by atoms with van der Waals surface area (Å²) in [5, 5.41) is 2.81. The van der Waals surface area contributed by atoms with E-state index in [0.717, 1.165) is 5.76 Å². The molecule has 1 atom stereocenters. The molecule has 5 heteroatoms. The zero-order valence-corrected chi connectivity index (χ0v) is 12.5. The summed E-state index contributed by atoms with van der Waals surface area (Å²) >= 11 is 0. The lowest BCUT2D eigenvalue weighted by atomic mass is 10.1. The molecule has 0 bridgehead atoms. The fourth-order valence-electron chi connectivity index (χ4n) is 2.36. The van der Waals surface area contributed by atoms with Crippen molar-refractivity contribution < 1.29 is 14.0 Å². The van der Waals surface area contributed by atoms with Crippen molar-refractivity contribution in [1.29, 1.82) is 0 Å². The van der Waals surface area contributed by atoms with Crippen LogP contribution in [0.2, 0.25) is 0 Å². The van der Waals surface area contributed by atoms with Gasteiger partial charge in [-0.1, -0.05) is 13.8 Å². The Morgan fingerprint density at radius 3 is 2.80 bits per heavy atom. The first kappa shape index (κ1) is 14.6. The summed E-state index contributed by atoms with van der Waals surface area (Å²) in [6.07, 6.45) is 0.351. The summed E-state index contributed by atoms with van der Waals surface area (Å²) in [5.74, 6) is 1.66. The fraction of sp³-hybridized carbons (Fsp3) is 0.600. The minimum absolute atomic E-state index is 0.000986. The van der Waals surface area contributed by atoms with Gasteiger partial charge in [0.1, 0.15) is 11.5 Å². The van der Waals surface area contributed by atoms with E-state index in [4.69, 9.17) is 4.42 Å². The zero-order valence-electron chi connectivity index (χ0n) is 12.5. The van der Waals surface area contributed by atoms with Gasteiger partial charge in [0.15, 0.2) is 0 Å². The van der Waals surface area contributed by atoms with E-state index >= 15 is 0 Å². The Morgan fingerprint density at radius 2 is 2.20 bits per heavy atom. The highest BCUT2D eigenvalue weighted by Crippen LogP contribution is 2.23. The Morgan fingerprint density at radius 1 is 1.50 bits per heavy atom. The molecule has 1 fully saturated rings. The number of rotatable bonds is 2. The summed E-state index contributed by atoms with van der Waals surface area (Å²) < 4.78 is 5.65. The molecule has 2 amide bonds. The quantitative estimate of drug-likeness (QED) is 0.900. The number of aryl methyl sites for hydroxylation is 1. The number of amides is 2. The van der Waals surface area contributed by atoms with Crippen LogP contribution in [0.25, 0.3) is 0 Å². The molecule has 1 saturated heterocycles. The summed E-state index contributed by atoms with van der Waals surface area (Å²) in [6, 6.07) is 1.82. The first-order valence-electron chi connectivity index (χ1n) is 7.08. The lowest BCUT2D eigenvalue weighted by Crippen LogP contribution is -2.41. The van der Waals surface area contributed by atoms with Crippen molar-refractivity contribution in [2.45, 2.75) is 46.1 Å². The van der Waals surface area contributed by atoms with Gasteiger partial charge in [-0.2, -0.15) is 0 Å². The van der Waals surface area contributed by atoms with E-state index in [2.05, 4.69) is 5.32 Å². The third-order valence-electron chi connectivity index (χ3n) is 3.70. The first-order valence-corrected chi connectivity index (χ1v) is 7.08. The van der Waals surface area contributed by atoms with Crippen LogP contribution in [0.1, 0.15) is 55.0 Å². The van der Waals surface area contributed by atoms with Crippen molar-refractivity contribution in [3.63, 3.8) is 0 Å². The van der Waals surface area contributed by atoms with Crippen molar-refractivity contribution >= 4 is 11.8 Å². The third kappa shape index (κ3) is 2.86. The number of hydrogen-bond acceptors (Lipinski definition) is 3. The molecule has 1 N–H and O–H groups in total. The van der Waals surface area contributed by atoms with Gasteiger partial charge in [0.05, 0.1) is 5.56 Å². The van der Waals surface area contributed by atoms with E-state index in [0.29, 0.717) is 30.8 Å². The van der Waals surface area contributed by atoms with Crippen LogP contribution in [0, 0.1) is 6.92 Å². The van der Waals surface area contributed by atoms with Gasteiger partial charge in [-0.15, -0.1) is 0 Å². The van der Waals surface area contributed by atoms with Crippen LogP contribution in [-0.4, -0.2) is 35.8 Å². The van der Waals surface area contributed by atoms with Gasteiger partial charge < -0.3 is 14.6 Å². The van der Waals surface area contributed by atoms with Crippen LogP contribution in [0.5, 0.6) is 0 Å². The molecule has 1 aromatic heterocycles. The predicted octanol–water partition coefficient (Wildman–Crippen LogP) is 2.06. The molecule has 2 heterocycles. The molecule has 0 spiro atoms. The number of nitrogens with one attached hydrogen (secondary N) is 1. The Hall–Kier alpha value is -1.78. The molecule has 110 valence electrons. The van der Waals surface area contributed by atoms with Gasteiger partial charge in [-0.3, -0.25) is 9.59 Å². The normalized spacial score (nSPS) is 19.9. The molecule has 0 aliphatic carbocycles. The average molecular weight is 278 g/mol. The van der Waals surface area contributed by atoms with E-state index in [1.807, 2.05) is 33.8 Å². The summed E-state index contributed by atoms with van der Waals surface area (Å²) in [6.45, 7) is 8.77. The smallest absolute Gasteiger partial charge is 0.257 e. The molecule has 1 aromatic rings. The summed E-state index contributed by atoms with van der Waals surface area (Å²) in [7, 11) is 0. The van der Waals surface area contributed by atoms with E-state index in [-0.39, 0.29) is 23.8 Å². The number of nitrogens with zero attached hydrogens (tertiary/aromatic N) is 1. The molecule has 0 saturated carbocycles. The van der Waals surface area contributed by atoms with Crippen molar-refractivity contribution in [1.82, 2.24) is 10.2 Å². The molecule has 20 heavy (non-hydrogen) atoms. The van der Waals surface area contributed by atoms with E-state index in [1.54, 1.807) is 4.90 Å². The van der Waals surface area contributed by atoms with Crippen LogP contribution in [0.3, 0.4) is 0 Å². The fourth-order valence-corrected chi connectivity index (χ4v) is 2.36. The van der Waals surface area contributed by atoms with Crippen LogP contribution in [0.4, 0.5) is 0 Å². The Balaban J connectivity index is 2.23. The number of carbonyl (C=O) groups excluding carboxylic acids is 2. The van der Waals surface area contributed by atoms with Gasteiger partial charge >= 0.3 is 0 Å². The topological polar surface area (TPSA) is 62.6 Å². The molecule has 1 aliphatic rings. The molecule has 1 aliphatic heterocycles. The molecule has 0 aromatic carbocycles. The van der Waals surface area contributed by atoms with Crippen LogP contribution in [0.15, 0.2) is 10.5 Å². The highest BCUT2D eigenvalue weighted by molar-refractivity contribution is 5.96. The van der Waals surface area contributed by atoms with Crippen molar-refractivity contribution in [3.8, 4) is 0 Å². The van der Waals surface area contributed by atoms with Crippen molar-refractivity contribution in [2.75, 3.05) is 13.1 Å². The minimum atomic E-state index is -0.0536. The first-order chi connectivity index (χ1) is 9.40. The van der Waals surface area contributed by atoms with Gasteiger partial charge in [-0.25, -0.2) is 0 Å². The van der Waals surface area contributed by atoms with Gasteiger partial charge in [0.2, 0.25) is 5.91 Å². The second-order valence-corrected chi connectivity index (χ2v) is 5.67. The highest BCUT2D eigenvalue weighted by atomic mass is 16.3. The van der Waals surface area contributed by atoms with Crippen molar-refractivity contribution in [2.24, 2.45) is 0 Å². The van der Waals surface area contributed by atoms with Crippen LogP contribution in [-0.2, 0) is 4.79 Å². The van der Waals surface area contributed by atoms with E-state index < -0.39 is 0 Å². The molecule has 0 unspecified atom stereocenters. The second kappa shape index (κ2) is 5.69. The summed E-state index contributed by atoms with van der Waals surface area (Å²) in [5.41, 5.74) is 0.606. The monoisotopic (exact) mass is 278 g/mol.